The van der Waals surface area contributed by atoms with Crippen LogP contribution in [-0.2, 0) is 4.79 Å². The first-order chi connectivity index (χ1) is 8.95. The second-order valence-corrected chi connectivity index (χ2v) is 4.16. The van der Waals surface area contributed by atoms with Crippen LogP contribution in [0.5, 0.6) is 5.75 Å². The molecule has 0 spiro atoms. The van der Waals surface area contributed by atoms with Crippen molar-refractivity contribution >= 4 is 5.97 Å². The largest absolute Gasteiger partial charge is 0.497 e. The number of carboxylic acids is 1. The highest BCUT2D eigenvalue weighted by molar-refractivity contribution is 5.66. The molecular formula is C13H16F2O4. The number of halogens is 2. The van der Waals surface area contributed by atoms with Gasteiger partial charge in [0.25, 0.3) is 0 Å². The molecule has 6 heteroatoms. The molecule has 0 aliphatic heterocycles. The Morgan fingerprint density at radius 3 is 2.37 bits per heavy atom. The number of rotatable bonds is 7. The predicted octanol–water partition coefficient (Wildman–Crippen LogP) is 2.65. The minimum atomic E-state index is -1.29. The molecule has 1 aromatic carbocycles. The molecule has 0 saturated carbocycles. The highest BCUT2D eigenvalue weighted by atomic mass is 19.1. The molecule has 2 N–H and O–H groups in total. The fourth-order valence-corrected chi connectivity index (χ4v) is 1.76. The van der Waals surface area contributed by atoms with E-state index in [4.69, 9.17) is 9.84 Å². The number of carbonyl (C=O) groups is 1. The second-order valence-electron chi connectivity index (χ2n) is 4.16. The average molecular weight is 274 g/mol. The number of unbranched alkanes of at least 4 members (excludes halogenated alkanes) is 1. The van der Waals surface area contributed by atoms with Crippen LogP contribution in [0.1, 0.15) is 37.4 Å². The molecule has 0 radical (unpaired) electrons. The summed E-state index contributed by atoms with van der Waals surface area (Å²) in [6.45, 7) is 0. The zero-order valence-electron chi connectivity index (χ0n) is 10.5. The molecular weight excluding hydrogens is 258 g/mol. The van der Waals surface area contributed by atoms with Gasteiger partial charge >= 0.3 is 5.97 Å². The number of methoxy groups -OCH3 is 1. The lowest BCUT2D eigenvalue weighted by atomic mass is 10.0. The third-order valence-electron chi connectivity index (χ3n) is 2.74. The number of ether oxygens (including phenoxy) is 1. The molecule has 0 aliphatic carbocycles. The Bertz CT molecular complexity index is 425. The van der Waals surface area contributed by atoms with Crippen molar-refractivity contribution in [1.29, 1.82) is 0 Å². The van der Waals surface area contributed by atoms with E-state index in [0.29, 0.717) is 12.8 Å². The summed E-state index contributed by atoms with van der Waals surface area (Å²) in [7, 11) is 1.29. The lowest BCUT2D eigenvalue weighted by molar-refractivity contribution is -0.137. The van der Waals surface area contributed by atoms with E-state index in [-0.39, 0.29) is 18.6 Å². The zero-order chi connectivity index (χ0) is 14.4. The lowest BCUT2D eigenvalue weighted by Crippen LogP contribution is -2.05. The first-order valence-electron chi connectivity index (χ1n) is 5.88. The zero-order valence-corrected chi connectivity index (χ0v) is 10.5. The number of aliphatic hydroxyl groups is 1. The van der Waals surface area contributed by atoms with E-state index in [0.717, 1.165) is 12.1 Å². The molecule has 1 rings (SSSR count). The molecule has 19 heavy (non-hydrogen) atoms. The van der Waals surface area contributed by atoms with Crippen molar-refractivity contribution in [3.8, 4) is 5.75 Å². The van der Waals surface area contributed by atoms with Gasteiger partial charge in [-0.05, 0) is 19.3 Å². The van der Waals surface area contributed by atoms with E-state index in [2.05, 4.69) is 0 Å². The van der Waals surface area contributed by atoms with E-state index in [1.54, 1.807) is 0 Å². The van der Waals surface area contributed by atoms with Gasteiger partial charge < -0.3 is 14.9 Å². The maximum atomic E-state index is 13.6. The van der Waals surface area contributed by atoms with Crippen molar-refractivity contribution in [2.24, 2.45) is 0 Å². The number of aliphatic hydroxyl groups excluding tert-OH is 1. The highest BCUT2D eigenvalue weighted by Gasteiger charge is 2.19. The Labute approximate surface area is 109 Å². The molecule has 0 saturated heterocycles. The summed E-state index contributed by atoms with van der Waals surface area (Å²) in [6, 6.07) is 2.00. The van der Waals surface area contributed by atoms with E-state index >= 15 is 0 Å². The highest BCUT2D eigenvalue weighted by Crippen LogP contribution is 2.28. The Hall–Kier alpha value is -1.69. The second kappa shape index (κ2) is 7.04. The van der Waals surface area contributed by atoms with Crippen LogP contribution in [0.3, 0.4) is 0 Å². The summed E-state index contributed by atoms with van der Waals surface area (Å²) in [6.07, 6.45) is -0.488. The summed E-state index contributed by atoms with van der Waals surface area (Å²) in [5, 5.41) is 18.2. The van der Waals surface area contributed by atoms with Gasteiger partial charge in [0.15, 0.2) is 0 Å². The van der Waals surface area contributed by atoms with Gasteiger partial charge in [-0.3, -0.25) is 4.79 Å². The van der Waals surface area contributed by atoms with E-state index in [1.807, 2.05) is 0 Å². The van der Waals surface area contributed by atoms with Crippen LogP contribution in [0, 0.1) is 11.6 Å². The maximum absolute atomic E-state index is 13.6. The molecule has 106 valence electrons. The molecule has 0 fully saturated rings. The summed E-state index contributed by atoms with van der Waals surface area (Å²) in [5.74, 6) is -2.64. The normalized spacial score (nSPS) is 12.2. The molecule has 1 aromatic rings. The number of hydrogen-bond acceptors (Lipinski definition) is 3. The predicted molar refractivity (Wildman–Crippen MR) is 64.0 cm³/mol. The quantitative estimate of drug-likeness (QED) is 0.750. The van der Waals surface area contributed by atoms with E-state index in [9.17, 15) is 18.7 Å². The lowest BCUT2D eigenvalue weighted by Gasteiger charge is -2.13. The van der Waals surface area contributed by atoms with Crippen LogP contribution in [0.25, 0.3) is 0 Å². The molecule has 0 aromatic heterocycles. The van der Waals surface area contributed by atoms with Gasteiger partial charge in [0.05, 0.1) is 18.8 Å². The van der Waals surface area contributed by atoms with Gasteiger partial charge in [-0.25, -0.2) is 8.78 Å². The summed E-state index contributed by atoms with van der Waals surface area (Å²) in [5.41, 5.74) is -0.406. The Morgan fingerprint density at radius 2 is 1.89 bits per heavy atom. The van der Waals surface area contributed by atoms with Crippen molar-refractivity contribution in [1.82, 2.24) is 0 Å². The van der Waals surface area contributed by atoms with Gasteiger partial charge in [-0.2, -0.15) is 0 Å². The topological polar surface area (TPSA) is 66.8 Å². The van der Waals surface area contributed by atoms with Gasteiger partial charge in [-0.1, -0.05) is 0 Å². The first-order valence-corrected chi connectivity index (χ1v) is 5.88. The smallest absolute Gasteiger partial charge is 0.303 e. The number of hydrogen-bond donors (Lipinski definition) is 2. The summed E-state index contributed by atoms with van der Waals surface area (Å²) >= 11 is 0. The molecule has 0 bridgehead atoms. The average Bonchev–Trinajstić information content (AvgIpc) is 2.33. The van der Waals surface area contributed by atoms with Crippen molar-refractivity contribution in [2.75, 3.05) is 7.11 Å². The first kappa shape index (κ1) is 15.4. The SMILES string of the molecule is COc1cc(F)c(C(O)CCCCC(=O)O)c(F)c1. The van der Waals surface area contributed by atoms with Crippen LogP contribution in [-0.4, -0.2) is 23.3 Å². The third kappa shape index (κ3) is 4.48. The van der Waals surface area contributed by atoms with Crippen molar-refractivity contribution in [3.05, 3.63) is 29.3 Å². The minimum absolute atomic E-state index is 0.0275. The number of benzene rings is 1. The summed E-state index contributed by atoms with van der Waals surface area (Å²) in [4.78, 5) is 10.3. The van der Waals surface area contributed by atoms with E-state index in [1.165, 1.54) is 7.11 Å². The molecule has 1 atom stereocenters. The third-order valence-corrected chi connectivity index (χ3v) is 2.74. The van der Waals surface area contributed by atoms with Crippen LogP contribution in [0.4, 0.5) is 8.78 Å². The summed E-state index contributed by atoms with van der Waals surface area (Å²) < 4.78 is 31.9. The van der Waals surface area contributed by atoms with Gasteiger partial charge in [0.2, 0.25) is 0 Å². The van der Waals surface area contributed by atoms with Crippen LogP contribution >= 0.6 is 0 Å². The molecule has 0 heterocycles. The van der Waals surface area contributed by atoms with E-state index < -0.39 is 29.3 Å². The minimum Gasteiger partial charge on any atom is -0.497 e. The maximum Gasteiger partial charge on any atom is 0.303 e. The Balaban J connectivity index is 2.66. The van der Waals surface area contributed by atoms with Crippen LogP contribution < -0.4 is 4.74 Å². The van der Waals surface area contributed by atoms with Crippen molar-refractivity contribution in [3.63, 3.8) is 0 Å². The Morgan fingerprint density at radius 1 is 1.32 bits per heavy atom. The molecule has 1 unspecified atom stereocenters. The van der Waals surface area contributed by atoms with Gasteiger partial charge in [0, 0.05) is 18.6 Å². The van der Waals surface area contributed by atoms with Crippen molar-refractivity contribution < 1.29 is 28.5 Å². The molecule has 4 nitrogen and oxygen atoms in total. The van der Waals surface area contributed by atoms with Crippen LogP contribution in [0.2, 0.25) is 0 Å². The standard InChI is InChI=1S/C13H16F2O4/c1-19-8-6-9(14)13(10(15)7-8)11(16)4-2-3-5-12(17)18/h6-7,11,16H,2-5H2,1H3,(H,17,18). The monoisotopic (exact) mass is 274 g/mol. The van der Waals surface area contributed by atoms with Gasteiger partial charge in [-0.15, -0.1) is 0 Å². The number of carboxylic acid groups (broad SMARTS) is 1. The Kier molecular flexibility index (Phi) is 5.69. The number of aliphatic carboxylic acids is 1. The van der Waals surface area contributed by atoms with Gasteiger partial charge in [0.1, 0.15) is 17.4 Å². The van der Waals surface area contributed by atoms with Crippen molar-refractivity contribution in [2.45, 2.75) is 31.8 Å². The van der Waals surface area contributed by atoms with Crippen LogP contribution in [0.15, 0.2) is 12.1 Å². The molecule has 0 amide bonds. The fourth-order valence-electron chi connectivity index (χ4n) is 1.76. The molecule has 0 aliphatic rings. The fraction of sp³-hybridized carbons (Fsp3) is 0.462.